The van der Waals surface area contributed by atoms with Gasteiger partial charge in [-0.2, -0.15) is 0 Å². The SMILES string of the molecule is CN1CCC(CNC(=O)Nc2ccccc2)CC1. The number of anilines is 1. The summed E-state index contributed by atoms with van der Waals surface area (Å²) in [7, 11) is 2.14. The first-order valence-electron chi connectivity index (χ1n) is 6.52. The minimum Gasteiger partial charge on any atom is -0.338 e. The molecular formula is C14H21N3O. The van der Waals surface area contributed by atoms with E-state index in [1.54, 1.807) is 0 Å². The van der Waals surface area contributed by atoms with Crippen LogP contribution in [0.4, 0.5) is 10.5 Å². The molecule has 2 rings (SSSR count). The molecule has 0 bridgehead atoms. The summed E-state index contributed by atoms with van der Waals surface area (Å²) < 4.78 is 0. The quantitative estimate of drug-likeness (QED) is 0.859. The van der Waals surface area contributed by atoms with Gasteiger partial charge in [0, 0.05) is 12.2 Å². The van der Waals surface area contributed by atoms with Crippen molar-refractivity contribution in [3.8, 4) is 0 Å². The molecule has 1 heterocycles. The number of benzene rings is 1. The minimum atomic E-state index is -0.111. The molecule has 98 valence electrons. The Kier molecular flexibility index (Phi) is 4.59. The van der Waals surface area contributed by atoms with Gasteiger partial charge in [0.1, 0.15) is 0 Å². The fourth-order valence-electron chi connectivity index (χ4n) is 2.20. The summed E-state index contributed by atoms with van der Waals surface area (Å²) in [5.74, 6) is 0.614. The molecule has 2 N–H and O–H groups in total. The zero-order valence-electron chi connectivity index (χ0n) is 10.9. The first-order valence-corrected chi connectivity index (χ1v) is 6.52. The van der Waals surface area contributed by atoms with Crippen LogP contribution < -0.4 is 10.6 Å². The van der Waals surface area contributed by atoms with Crippen molar-refractivity contribution in [2.75, 3.05) is 32.0 Å². The van der Waals surface area contributed by atoms with E-state index < -0.39 is 0 Å². The van der Waals surface area contributed by atoms with Crippen LogP contribution in [0, 0.1) is 5.92 Å². The molecule has 1 aliphatic heterocycles. The number of likely N-dealkylation sites (tertiary alicyclic amines) is 1. The molecule has 1 saturated heterocycles. The number of piperidine rings is 1. The van der Waals surface area contributed by atoms with Gasteiger partial charge in [0.05, 0.1) is 0 Å². The molecule has 1 aromatic carbocycles. The van der Waals surface area contributed by atoms with Crippen molar-refractivity contribution in [1.29, 1.82) is 0 Å². The van der Waals surface area contributed by atoms with E-state index in [2.05, 4.69) is 22.6 Å². The van der Waals surface area contributed by atoms with Crippen molar-refractivity contribution < 1.29 is 4.79 Å². The molecule has 0 unspecified atom stereocenters. The number of amides is 2. The van der Waals surface area contributed by atoms with Crippen LogP contribution in [-0.4, -0.2) is 37.6 Å². The van der Waals surface area contributed by atoms with Crippen molar-refractivity contribution in [2.24, 2.45) is 5.92 Å². The van der Waals surface area contributed by atoms with Crippen molar-refractivity contribution in [2.45, 2.75) is 12.8 Å². The second-order valence-corrected chi connectivity index (χ2v) is 4.95. The van der Waals surface area contributed by atoms with Gasteiger partial charge < -0.3 is 15.5 Å². The maximum Gasteiger partial charge on any atom is 0.319 e. The van der Waals surface area contributed by atoms with Gasteiger partial charge in [0.2, 0.25) is 0 Å². The highest BCUT2D eigenvalue weighted by molar-refractivity contribution is 5.89. The van der Waals surface area contributed by atoms with Gasteiger partial charge in [-0.05, 0) is 51.0 Å². The topological polar surface area (TPSA) is 44.4 Å². The Morgan fingerprint density at radius 2 is 1.94 bits per heavy atom. The molecule has 0 aromatic heterocycles. The normalized spacial score (nSPS) is 17.4. The molecule has 0 saturated carbocycles. The first-order chi connectivity index (χ1) is 8.74. The molecule has 4 heteroatoms. The van der Waals surface area contributed by atoms with Gasteiger partial charge in [0.25, 0.3) is 0 Å². The van der Waals surface area contributed by atoms with Gasteiger partial charge in [0.15, 0.2) is 0 Å². The second-order valence-electron chi connectivity index (χ2n) is 4.95. The van der Waals surface area contributed by atoms with Crippen LogP contribution in [0.1, 0.15) is 12.8 Å². The van der Waals surface area contributed by atoms with E-state index in [4.69, 9.17) is 0 Å². The predicted octanol–water partition coefficient (Wildman–Crippen LogP) is 2.15. The van der Waals surface area contributed by atoms with Crippen molar-refractivity contribution in [3.05, 3.63) is 30.3 Å². The molecule has 0 aliphatic carbocycles. The van der Waals surface area contributed by atoms with E-state index >= 15 is 0 Å². The number of hydrogen-bond acceptors (Lipinski definition) is 2. The Morgan fingerprint density at radius 1 is 1.28 bits per heavy atom. The highest BCUT2D eigenvalue weighted by atomic mass is 16.2. The zero-order chi connectivity index (χ0) is 12.8. The fraction of sp³-hybridized carbons (Fsp3) is 0.500. The van der Waals surface area contributed by atoms with Gasteiger partial charge in [-0.15, -0.1) is 0 Å². The lowest BCUT2D eigenvalue weighted by Gasteiger charge is -2.28. The zero-order valence-corrected chi connectivity index (χ0v) is 10.9. The number of nitrogens with one attached hydrogen (secondary N) is 2. The van der Waals surface area contributed by atoms with Crippen LogP contribution in [-0.2, 0) is 0 Å². The Balaban J connectivity index is 1.69. The molecule has 1 fully saturated rings. The van der Waals surface area contributed by atoms with Gasteiger partial charge in [-0.25, -0.2) is 4.79 Å². The van der Waals surface area contributed by atoms with E-state index in [0.717, 1.165) is 25.3 Å². The van der Waals surface area contributed by atoms with Crippen molar-refractivity contribution >= 4 is 11.7 Å². The number of carbonyl (C=O) groups is 1. The summed E-state index contributed by atoms with van der Waals surface area (Å²) in [6, 6.07) is 9.41. The van der Waals surface area contributed by atoms with Crippen molar-refractivity contribution in [1.82, 2.24) is 10.2 Å². The summed E-state index contributed by atoms with van der Waals surface area (Å²) >= 11 is 0. The summed E-state index contributed by atoms with van der Waals surface area (Å²) in [5.41, 5.74) is 0.832. The van der Waals surface area contributed by atoms with E-state index in [0.29, 0.717) is 5.92 Å². The average molecular weight is 247 g/mol. The molecule has 4 nitrogen and oxygen atoms in total. The lowest BCUT2D eigenvalue weighted by atomic mass is 9.97. The van der Waals surface area contributed by atoms with Gasteiger partial charge >= 0.3 is 6.03 Å². The standard InChI is InChI=1S/C14H21N3O/c1-17-9-7-12(8-10-17)11-15-14(18)16-13-5-3-2-4-6-13/h2-6,12H,7-11H2,1H3,(H2,15,16,18). The third-order valence-electron chi connectivity index (χ3n) is 3.42. The van der Waals surface area contributed by atoms with E-state index in [9.17, 15) is 4.79 Å². The molecule has 0 spiro atoms. The number of hydrogen-bond donors (Lipinski definition) is 2. The highest BCUT2D eigenvalue weighted by Crippen LogP contribution is 2.14. The molecular weight excluding hydrogens is 226 g/mol. The second kappa shape index (κ2) is 6.40. The van der Waals surface area contributed by atoms with Crippen LogP contribution in [0.3, 0.4) is 0 Å². The fourth-order valence-corrected chi connectivity index (χ4v) is 2.20. The van der Waals surface area contributed by atoms with E-state index in [1.165, 1.54) is 12.8 Å². The lowest BCUT2D eigenvalue weighted by molar-refractivity contribution is 0.213. The van der Waals surface area contributed by atoms with Crippen LogP contribution in [0.15, 0.2) is 30.3 Å². The average Bonchev–Trinajstić information content (AvgIpc) is 2.39. The molecule has 0 atom stereocenters. The monoisotopic (exact) mass is 247 g/mol. The number of carbonyl (C=O) groups excluding carboxylic acids is 1. The number of rotatable bonds is 3. The maximum atomic E-state index is 11.7. The first kappa shape index (κ1) is 12.9. The number of para-hydroxylation sites is 1. The Labute approximate surface area is 108 Å². The Hall–Kier alpha value is -1.55. The summed E-state index contributed by atoms with van der Waals surface area (Å²) in [6.07, 6.45) is 2.34. The molecule has 2 amide bonds. The summed E-state index contributed by atoms with van der Waals surface area (Å²) in [4.78, 5) is 14.0. The van der Waals surface area contributed by atoms with E-state index in [-0.39, 0.29) is 6.03 Å². The largest absolute Gasteiger partial charge is 0.338 e. The minimum absolute atomic E-state index is 0.111. The van der Waals surface area contributed by atoms with Crippen LogP contribution >= 0.6 is 0 Å². The third kappa shape index (κ3) is 4.04. The molecule has 1 aromatic rings. The Morgan fingerprint density at radius 3 is 2.61 bits per heavy atom. The highest BCUT2D eigenvalue weighted by Gasteiger charge is 2.16. The van der Waals surface area contributed by atoms with Crippen LogP contribution in [0.25, 0.3) is 0 Å². The predicted molar refractivity (Wildman–Crippen MR) is 73.7 cm³/mol. The van der Waals surface area contributed by atoms with E-state index in [1.807, 2.05) is 30.3 Å². The molecule has 0 radical (unpaired) electrons. The number of nitrogens with zero attached hydrogens (tertiary/aromatic N) is 1. The maximum absolute atomic E-state index is 11.7. The summed E-state index contributed by atoms with van der Waals surface area (Å²) in [6.45, 7) is 3.03. The third-order valence-corrected chi connectivity index (χ3v) is 3.42. The number of urea groups is 1. The molecule has 1 aliphatic rings. The van der Waals surface area contributed by atoms with Crippen LogP contribution in [0.5, 0.6) is 0 Å². The molecule has 18 heavy (non-hydrogen) atoms. The van der Waals surface area contributed by atoms with Crippen LogP contribution in [0.2, 0.25) is 0 Å². The smallest absolute Gasteiger partial charge is 0.319 e. The lowest BCUT2D eigenvalue weighted by Crippen LogP contribution is -2.38. The van der Waals surface area contributed by atoms with Gasteiger partial charge in [-0.1, -0.05) is 18.2 Å². The summed E-state index contributed by atoms with van der Waals surface area (Å²) in [5, 5.41) is 5.78. The Bertz CT molecular complexity index is 372. The van der Waals surface area contributed by atoms with Gasteiger partial charge in [-0.3, -0.25) is 0 Å². The van der Waals surface area contributed by atoms with Crippen molar-refractivity contribution in [3.63, 3.8) is 0 Å².